The molecule has 32 heavy (non-hydrogen) atoms. The van der Waals surface area contributed by atoms with E-state index in [-0.39, 0.29) is 0 Å². The van der Waals surface area contributed by atoms with Gasteiger partial charge in [-0.15, -0.1) is 0 Å². The number of ether oxygens (including phenoxy) is 1. The van der Waals surface area contributed by atoms with Crippen LogP contribution in [0.1, 0.15) is 24.7 Å². The van der Waals surface area contributed by atoms with Crippen LogP contribution in [0.25, 0.3) is 33.8 Å². The first-order valence-electron chi connectivity index (χ1n) is 10.2. The number of benzene rings is 2. The third kappa shape index (κ3) is 4.38. The number of furan rings is 1. The van der Waals surface area contributed by atoms with Gasteiger partial charge < -0.3 is 29.6 Å². The fourth-order valence-electron chi connectivity index (χ4n) is 3.26. The van der Waals surface area contributed by atoms with Gasteiger partial charge in [0.15, 0.2) is 0 Å². The van der Waals surface area contributed by atoms with Crippen molar-refractivity contribution in [3.8, 4) is 28.6 Å². The summed E-state index contributed by atoms with van der Waals surface area (Å²) in [6.07, 6.45) is 0.949. The Morgan fingerprint density at radius 3 is 2.59 bits per heavy atom. The third-order valence-corrected chi connectivity index (χ3v) is 5.99. The Bertz CT molecular complexity index is 1220. The minimum absolute atomic E-state index is 0.306. The largest absolute Gasteiger partial charge is 0.493 e. The average molecular weight is 549 g/mol. The molecule has 8 nitrogen and oxygen atoms in total. The lowest BCUT2D eigenvalue weighted by atomic mass is 10.00. The van der Waals surface area contributed by atoms with E-state index in [1.54, 1.807) is 12.1 Å². The van der Waals surface area contributed by atoms with E-state index in [9.17, 15) is 10.2 Å². The van der Waals surface area contributed by atoms with Gasteiger partial charge in [0.05, 0.1) is 19.8 Å². The molecular weight excluding hydrogens is 525 g/mol. The van der Waals surface area contributed by atoms with Crippen LogP contribution in [0.3, 0.4) is 0 Å². The summed E-state index contributed by atoms with van der Waals surface area (Å²) in [5, 5.41) is 23.9. The number of hydrogen-bond acceptors (Lipinski definition) is 8. The molecule has 2 aromatic heterocycles. The van der Waals surface area contributed by atoms with Gasteiger partial charge in [-0.1, -0.05) is 34.7 Å². The van der Waals surface area contributed by atoms with Gasteiger partial charge in [-0.2, -0.15) is 4.98 Å². The van der Waals surface area contributed by atoms with Crippen LogP contribution in [0.15, 0.2) is 51.4 Å². The average Bonchev–Trinajstić information content (AvgIpc) is 3.49. The fraction of sp³-hybridized carbons (Fsp3) is 0.304. The molecule has 0 aliphatic heterocycles. The topological polar surface area (TPSA) is 128 Å². The summed E-state index contributed by atoms with van der Waals surface area (Å²) in [4.78, 5) is 4.56. The smallest absolute Gasteiger partial charge is 0.258 e. The van der Waals surface area contributed by atoms with Crippen LogP contribution in [0.4, 0.5) is 0 Å². The van der Waals surface area contributed by atoms with Crippen molar-refractivity contribution in [2.24, 2.45) is 5.73 Å². The highest BCUT2D eigenvalue weighted by molar-refractivity contribution is 14.1. The van der Waals surface area contributed by atoms with Crippen molar-refractivity contribution >= 4 is 33.6 Å². The van der Waals surface area contributed by atoms with Crippen molar-refractivity contribution in [1.82, 2.24) is 10.1 Å². The zero-order valence-corrected chi connectivity index (χ0v) is 19.7. The van der Waals surface area contributed by atoms with E-state index in [0.717, 1.165) is 38.7 Å². The number of aliphatic hydroxyl groups excluding tert-OH is 2. The highest BCUT2D eigenvalue weighted by atomic mass is 127. The predicted molar refractivity (Wildman–Crippen MR) is 128 cm³/mol. The van der Waals surface area contributed by atoms with Crippen LogP contribution in [-0.4, -0.2) is 40.2 Å². The number of aliphatic hydroxyl groups is 2. The number of nitrogens with zero attached hydrogens (tertiary/aromatic N) is 2. The molecule has 0 unspecified atom stereocenters. The monoisotopic (exact) mass is 549 g/mol. The molecule has 4 N–H and O–H groups in total. The molecule has 0 spiro atoms. The number of halogens is 1. The maximum atomic E-state index is 9.52. The molecule has 9 heteroatoms. The van der Waals surface area contributed by atoms with Gasteiger partial charge in [-0.05, 0) is 48.9 Å². The van der Waals surface area contributed by atoms with Crippen molar-refractivity contribution < 1.29 is 23.9 Å². The predicted octanol–water partition coefficient (Wildman–Crippen LogP) is 4.01. The van der Waals surface area contributed by atoms with Crippen molar-refractivity contribution in [3.05, 3.63) is 53.8 Å². The minimum atomic E-state index is -1.35. The van der Waals surface area contributed by atoms with Crippen LogP contribution < -0.4 is 10.5 Å². The zero-order chi connectivity index (χ0) is 22.7. The van der Waals surface area contributed by atoms with E-state index in [1.165, 1.54) is 0 Å². The van der Waals surface area contributed by atoms with Crippen LogP contribution in [0.5, 0.6) is 5.75 Å². The van der Waals surface area contributed by atoms with E-state index < -0.39 is 18.8 Å². The van der Waals surface area contributed by atoms with Crippen molar-refractivity contribution in [3.63, 3.8) is 0 Å². The Balaban J connectivity index is 1.63. The summed E-state index contributed by atoms with van der Waals surface area (Å²) < 4.78 is 17.8. The molecule has 4 rings (SSSR count). The first-order valence-corrected chi connectivity index (χ1v) is 11.7. The standard InChI is InChI=1S/C23H24IN3O5/c1-2-7-30-18-5-4-15(9-17(18)11-24)22-26-21(27-32-22)14-3-6-19-16(8-14)10-20(31-19)23(25,12-28)13-29/h3-6,8-10,28-29H,2,7,11-13,25H2,1H3. The van der Waals surface area contributed by atoms with Gasteiger partial charge in [-0.25, -0.2) is 0 Å². The lowest BCUT2D eigenvalue weighted by Gasteiger charge is -2.21. The summed E-state index contributed by atoms with van der Waals surface area (Å²) in [6.45, 7) is 1.87. The van der Waals surface area contributed by atoms with E-state index in [2.05, 4.69) is 39.7 Å². The van der Waals surface area contributed by atoms with E-state index in [0.29, 0.717) is 29.7 Å². The Morgan fingerprint density at radius 1 is 1.09 bits per heavy atom. The van der Waals surface area contributed by atoms with E-state index in [4.69, 9.17) is 19.4 Å². The van der Waals surface area contributed by atoms with Gasteiger partial charge >= 0.3 is 0 Å². The second-order valence-electron chi connectivity index (χ2n) is 7.56. The van der Waals surface area contributed by atoms with Crippen LogP contribution in [-0.2, 0) is 9.97 Å². The number of fused-ring (bicyclic) bond motifs is 1. The molecule has 0 amide bonds. The van der Waals surface area contributed by atoms with Crippen molar-refractivity contribution in [2.45, 2.75) is 23.3 Å². The fourth-order valence-corrected chi connectivity index (χ4v) is 3.86. The molecule has 2 aromatic carbocycles. The first-order chi connectivity index (χ1) is 15.5. The number of hydrogen-bond donors (Lipinski definition) is 3. The lowest BCUT2D eigenvalue weighted by Crippen LogP contribution is -2.43. The molecule has 0 bridgehead atoms. The first kappa shape index (κ1) is 22.7. The molecule has 0 saturated carbocycles. The summed E-state index contributed by atoms with van der Waals surface area (Å²) in [5.41, 5.74) is 7.89. The van der Waals surface area contributed by atoms with E-state index in [1.807, 2.05) is 30.3 Å². The summed E-state index contributed by atoms with van der Waals surface area (Å²) in [5.74, 6) is 2.03. The summed E-state index contributed by atoms with van der Waals surface area (Å²) >= 11 is 2.31. The quantitative estimate of drug-likeness (QED) is 0.211. The maximum Gasteiger partial charge on any atom is 0.258 e. The number of nitrogens with two attached hydrogens (primary N) is 1. The second kappa shape index (κ2) is 9.57. The van der Waals surface area contributed by atoms with Crippen LogP contribution in [0, 0.1) is 0 Å². The zero-order valence-electron chi connectivity index (χ0n) is 17.5. The van der Waals surface area contributed by atoms with Gasteiger partial charge in [0.2, 0.25) is 5.82 Å². The Kier molecular flexibility index (Phi) is 6.79. The Labute approximate surface area is 198 Å². The SMILES string of the molecule is CCCOc1ccc(-c2nc(-c3ccc4oc(C(N)(CO)CO)cc4c3)no2)cc1CI. The molecular formula is C23H24IN3O5. The van der Waals surface area contributed by atoms with Gasteiger partial charge in [-0.3, -0.25) is 0 Å². The molecule has 0 atom stereocenters. The molecule has 2 heterocycles. The number of rotatable bonds is 9. The summed E-state index contributed by atoms with van der Waals surface area (Å²) in [7, 11) is 0. The highest BCUT2D eigenvalue weighted by Gasteiger charge is 2.30. The van der Waals surface area contributed by atoms with Gasteiger partial charge in [0.1, 0.15) is 22.6 Å². The molecule has 0 aliphatic rings. The number of alkyl halides is 1. The van der Waals surface area contributed by atoms with E-state index >= 15 is 0 Å². The molecule has 0 radical (unpaired) electrons. The van der Waals surface area contributed by atoms with Crippen LogP contribution in [0.2, 0.25) is 0 Å². The molecule has 0 aliphatic carbocycles. The molecule has 168 valence electrons. The lowest BCUT2D eigenvalue weighted by molar-refractivity contribution is 0.105. The number of aromatic nitrogens is 2. The van der Waals surface area contributed by atoms with Gasteiger partial charge in [0.25, 0.3) is 5.89 Å². The maximum absolute atomic E-state index is 9.52. The van der Waals surface area contributed by atoms with Crippen molar-refractivity contribution in [2.75, 3.05) is 19.8 Å². The van der Waals surface area contributed by atoms with Crippen LogP contribution >= 0.6 is 22.6 Å². The minimum Gasteiger partial charge on any atom is -0.493 e. The Morgan fingerprint density at radius 2 is 1.88 bits per heavy atom. The molecule has 4 aromatic rings. The van der Waals surface area contributed by atoms with Crippen molar-refractivity contribution in [1.29, 1.82) is 0 Å². The normalized spacial score (nSPS) is 11.9. The summed E-state index contributed by atoms with van der Waals surface area (Å²) in [6, 6.07) is 13.0. The third-order valence-electron chi connectivity index (χ3n) is 5.17. The second-order valence-corrected chi connectivity index (χ2v) is 8.33. The molecule has 0 fully saturated rings. The highest BCUT2D eigenvalue weighted by Crippen LogP contribution is 2.32. The Hall–Kier alpha value is -2.47. The van der Waals surface area contributed by atoms with Gasteiger partial charge in [0, 0.05) is 26.5 Å². The molecule has 0 saturated heterocycles.